The Morgan fingerprint density at radius 1 is 0.895 bits per heavy atom. The highest BCUT2D eigenvalue weighted by atomic mass is 19.4. The normalized spacial score (nSPS) is 11.4. The molecule has 0 saturated carbocycles. The van der Waals surface area contributed by atoms with Crippen molar-refractivity contribution in [1.29, 1.82) is 0 Å². The number of hydrogen-bond acceptors (Lipinski definition) is 2. The van der Waals surface area contributed by atoms with E-state index in [1.807, 2.05) is 0 Å². The quantitative estimate of drug-likeness (QED) is 0.834. The molecular formula is C13H8F4O2. The number of phenolic OH excluding ortho intramolecular Hbond substituents is 1. The lowest BCUT2D eigenvalue weighted by molar-refractivity contribution is -0.274. The molecule has 2 rings (SSSR count). The Morgan fingerprint density at radius 2 is 1.53 bits per heavy atom. The average Bonchev–Trinajstić information content (AvgIpc) is 2.32. The van der Waals surface area contributed by atoms with Crippen LogP contribution >= 0.6 is 0 Å². The highest BCUT2D eigenvalue weighted by molar-refractivity contribution is 5.75. The zero-order valence-electron chi connectivity index (χ0n) is 9.41. The molecule has 19 heavy (non-hydrogen) atoms. The van der Waals surface area contributed by atoms with Crippen molar-refractivity contribution in [2.45, 2.75) is 6.36 Å². The molecule has 100 valence electrons. The first-order valence-corrected chi connectivity index (χ1v) is 5.21. The maximum atomic E-state index is 13.2. The van der Waals surface area contributed by atoms with E-state index in [2.05, 4.69) is 4.74 Å². The van der Waals surface area contributed by atoms with Gasteiger partial charge in [0.15, 0.2) is 11.6 Å². The first-order chi connectivity index (χ1) is 8.88. The molecule has 0 unspecified atom stereocenters. The SMILES string of the molecule is Oc1c(F)cccc1-c1ccccc1OC(F)(F)F. The third-order valence-electron chi connectivity index (χ3n) is 2.39. The van der Waals surface area contributed by atoms with Crippen LogP contribution < -0.4 is 4.74 Å². The summed E-state index contributed by atoms with van der Waals surface area (Å²) in [4.78, 5) is 0. The fraction of sp³-hybridized carbons (Fsp3) is 0.0769. The van der Waals surface area contributed by atoms with E-state index in [9.17, 15) is 22.7 Å². The summed E-state index contributed by atoms with van der Waals surface area (Å²) in [7, 11) is 0. The Hall–Kier alpha value is -2.24. The van der Waals surface area contributed by atoms with Crippen molar-refractivity contribution < 1.29 is 27.4 Å². The lowest BCUT2D eigenvalue weighted by Gasteiger charge is -2.14. The average molecular weight is 272 g/mol. The number of benzene rings is 2. The smallest absolute Gasteiger partial charge is 0.504 e. The number of phenols is 1. The van der Waals surface area contributed by atoms with Crippen molar-refractivity contribution in [3.63, 3.8) is 0 Å². The van der Waals surface area contributed by atoms with Crippen LogP contribution in [0.25, 0.3) is 11.1 Å². The molecule has 0 bridgehead atoms. The summed E-state index contributed by atoms with van der Waals surface area (Å²) in [6, 6.07) is 8.80. The van der Waals surface area contributed by atoms with Gasteiger partial charge >= 0.3 is 6.36 Å². The molecule has 2 aromatic carbocycles. The Balaban J connectivity index is 2.54. The molecule has 0 aliphatic heterocycles. The minimum Gasteiger partial charge on any atom is -0.504 e. The van der Waals surface area contributed by atoms with Crippen molar-refractivity contribution in [3.8, 4) is 22.6 Å². The monoisotopic (exact) mass is 272 g/mol. The van der Waals surface area contributed by atoms with E-state index in [0.717, 1.165) is 12.1 Å². The van der Waals surface area contributed by atoms with Crippen LogP contribution in [0.2, 0.25) is 0 Å². The first-order valence-electron chi connectivity index (χ1n) is 5.21. The van der Waals surface area contributed by atoms with Crippen LogP contribution in [0.3, 0.4) is 0 Å². The van der Waals surface area contributed by atoms with Gasteiger partial charge in [-0.1, -0.05) is 30.3 Å². The third kappa shape index (κ3) is 2.96. The van der Waals surface area contributed by atoms with Gasteiger partial charge in [-0.3, -0.25) is 0 Å². The van der Waals surface area contributed by atoms with Gasteiger partial charge in [0.25, 0.3) is 0 Å². The summed E-state index contributed by atoms with van der Waals surface area (Å²) in [5.74, 6) is -2.14. The maximum absolute atomic E-state index is 13.2. The molecule has 0 atom stereocenters. The van der Waals surface area contributed by atoms with Crippen LogP contribution in [0.15, 0.2) is 42.5 Å². The van der Waals surface area contributed by atoms with Gasteiger partial charge in [-0.25, -0.2) is 4.39 Å². The minimum atomic E-state index is -4.86. The van der Waals surface area contributed by atoms with Gasteiger partial charge in [0.2, 0.25) is 0 Å². The van der Waals surface area contributed by atoms with E-state index in [1.54, 1.807) is 0 Å². The van der Waals surface area contributed by atoms with E-state index in [0.29, 0.717) is 0 Å². The standard InChI is InChI=1S/C13H8F4O2/c14-10-6-3-5-9(12(10)18)8-4-1-2-7-11(8)19-13(15,16)17/h1-7,18H. The van der Waals surface area contributed by atoms with Crippen molar-refractivity contribution in [2.24, 2.45) is 0 Å². The molecule has 0 fully saturated rings. The van der Waals surface area contributed by atoms with E-state index < -0.39 is 23.7 Å². The summed E-state index contributed by atoms with van der Waals surface area (Å²) >= 11 is 0. The van der Waals surface area contributed by atoms with Gasteiger partial charge in [0.1, 0.15) is 5.75 Å². The van der Waals surface area contributed by atoms with Crippen LogP contribution in [0.1, 0.15) is 0 Å². The Bertz CT molecular complexity index is 593. The molecule has 0 aliphatic carbocycles. The van der Waals surface area contributed by atoms with Crippen molar-refractivity contribution in [1.82, 2.24) is 0 Å². The predicted molar refractivity (Wildman–Crippen MR) is 60.2 cm³/mol. The predicted octanol–water partition coefficient (Wildman–Crippen LogP) is 4.10. The Kier molecular flexibility index (Phi) is 3.33. The van der Waals surface area contributed by atoms with E-state index in [-0.39, 0.29) is 11.1 Å². The zero-order chi connectivity index (χ0) is 14.0. The van der Waals surface area contributed by atoms with Gasteiger partial charge in [-0.2, -0.15) is 0 Å². The van der Waals surface area contributed by atoms with Crippen LogP contribution in [0, 0.1) is 5.82 Å². The molecule has 1 N–H and O–H groups in total. The second-order valence-corrected chi connectivity index (χ2v) is 3.68. The van der Waals surface area contributed by atoms with Crippen LogP contribution in [-0.2, 0) is 0 Å². The molecule has 0 radical (unpaired) electrons. The molecule has 0 aromatic heterocycles. The Morgan fingerprint density at radius 3 is 2.21 bits per heavy atom. The van der Waals surface area contributed by atoms with Crippen LogP contribution in [0.4, 0.5) is 17.6 Å². The van der Waals surface area contributed by atoms with Gasteiger partial charge in [0, 0.05) is 11.1 Å². The second kappa shape index (κ2) is 4.79. The lowest BCUT2D eigenvalue weighted by Crippen LogP contribution is -2.17. The number of para-hydroxylation sites is 2. The van der Waals surface area contributed by atoms with Crippen molar-refractivity contribution >= 4 is 0 Å². The summed E-state index contributed by atoms with van der Waals surface area (Å²) in [6.45, 7) is 0. The molecule has 2 nitrogen and oxygen atoms in total. The molecular weight excluding hydrogens is 264 g/mol. The van der Waals surface area contributed by atoms with Gasteiger partial charge in [-0.15, -0.1) is 13.2 Å². The number of halogens is 4. The number of alkyl halides is 3. The highest BCUT2D eigenvalue weighted by Crippen LogP contribution is 2.38. The summed E-state index contributed by atoms with van der Waals surface area (Å²) in [5.41, 5.74) is -0.114. The number of aromatic hydroxyl groups is 1. The topological polar surface area (TPSA) is 29.5 Å². The summed E-state index contributed by atoms with van der Waals surface area (Å²) in [6.07, 6.45) is -4.86. The van der Waals surface area contributed by atoms with Crippen LogP contribution in [-0.4, -0.2) is 11.5 Å². The maximum Gasteiger partial charge on any atom is 0.573 e. The third-order valence-corrected chi connectivity index (χ3v) is 2.39. The first kappa shape index (κ1) is 13.2. The van der Waals surface area contributed by atoms with Gasteiger partial charge < -0.3 is 9.84 Å². The lowest BCUT2D eigenvalue weighted by atomic mass is 10.0. The number of hydrogen-bond donors (Lipinski definition) is 1. The van der Waals surface area contributed by atoms with Crippen molar-refractivity contribution in [2.75, 3.05) is 0 Å². The Labute approximate surface area is 105 Å². The molecule has 2 aromatic rings. The van der Waals surface area contributed by atoms with Gasteiger partial charge in [-0.05, 0) is 12.1 Å². The largest absolute Gasteiger partial charge is 0.573 e. The van der Waals surface area contributed by atoms with E-state index in [1.165, 1.54) is 30.3 Å². The molecule has 0 spiro atoms. The molecule has 0 aliphatic rings. The van der Waals surface area contributed by atoms with Crippen LogP contribution in [0.5, 0.6) is 11.5 Å². The summed E-state index contributed by atoms with van der Waals surface area (Å²) in [5, 5.41) is 9.56. The van der Waals surface area contributed by atoms with Crippen molar-refractivity contribution in [3.05, 3.63) is 48.3 Å². The van der Waals surface area contributed by atoms with Gasteiger partial charge in [0.05, 0.1) is 0 Å². The fourth-order valence-corrected chi connectivity index (χ4v) is 1.64. The number of rotatable bonds is 2. The fourth-order valence-electron chi connectivity index (χ4n) is 1.64. The number of ether oxygens (including phenoxy) is 1. The molecule has 6 heteroatoms. The molecule has 0 saturated heterocycles. The zero-order valence-corrected chi connectivity index (χ0v) is 9.41. The van der Waals surface area contributed by atoms with E-state index >= 15 is 0 Å². The second-order valence-electron chi connectivity index (χ2n) is 3.68. The molecule has 0 heterocycles. The summed E-state index contributed by atoms with van der Waals surface area (Å²) < 4.78 is 53.8. The molecule has 0 amide bonds. The highest BCUT2D eigenvalue weighted by Gasteiger charge is 2.32. The minimum absolute atomic E-state index is 0.0446. The van der Waals surface area contributed by atoms with E-state index in [4.69, 9.17) is 0 Å².